The fourth-order valence-electron chi connectivity index (χ4n) is 4.30. The minimum absolute atomic E-state index is 0.0490. The first-order chi connectivity index (χ1) is 17.9. The molecule has 190 valence electrons. The van der Waals surface area contributed by atoms with Crippen LogP contribution in [0.2, 0.25) is 0 Å². The third kappa shape index (κ3) is 4.06. The van der Waals surface area contributed by atoms with Crippen molar-refractivity contribution in [2.45, 2.75) is 19.9 Å². The number of aliphatic hydroxyl groups excluding tert-OH is 1. The van der Waals surface area contributed by atoms with E-state index in [2.05, 4.69) is 10.2 Å². The summed E-state index contributed by atoms with van der Waals surface area (Å²) in [6, 6.07) is 10.9. The fourth-order valence-corrected chi connectivity index (χ4v) is 5.02. The third-order valence-corrected chi connectivity index (χ3v) is 6.77. The van der Waals surface area contributed by atoms with Gasteiger partial charge in [-0.05, 0) is 43.7 Å². The van der Waals surface area contributed by atoms with Crippen LogP contribution in [-0.4, -0.2) is 47.8 Å². The van der Waals surface area contributed by atoms with E-state index in [0.29, 0.717) is 45.4 Å². The van der Waals surface area contributed by atoms with Gasteiger partial charge in [0, 0.05) is 5.39 Å². The second-order valence-electron chi connectivity index (χ2n) is 8.11. The van der Waals surface area contributed by atoms with E-state index in [1.165, 1.54) is 30.5 Å². The van der Waals surface area contributed by atoms with Crippen LogP contribution in [-0.2, 0) is 4.79 Å². The molecule has 5 rings (SSSR count). The van der Waals surface area contributed by atoms with Crippen LogP contribution in [0.25, 0.3) is 11.0 Å². The molecule has 1 aliphatic rings. The van der Waals surface area contributed by atoms with Crippen molar-refractivity contribution in [1.29, 1.82) is 0 Å². The van der Waals surface area contributed by atoms with Crippen molar-refractivity contribution in [2.24, 2.45) is 0 Å². The summed E-state index contributed by atoms with van der Waals surface area (Å²) < 4.78 is 22.3. The molecule has 11 heteroatoms. The van der Waals surface area contributed by atoms with Crippen molar-refractivity contribution in [3.05, 3.63) is 70.1 Å². The highest BCUT2D eigenvalue weighted by Crippen LogP contribution is 2.45. The molecule has 1 unspecified atom stereocenters. The Hall–Kier alpha value is -4.38. The van der Waals surface area contributed by atoms with Crippen molar-refractivity contribution < 1.29 is 33.3 Å². The van der Waals surface area contributed by atoms with Gasteiger partial charge < -0.3 is 23.7 Å². The number of ether oxygens (including phenoxy) is 3. The molecule has 10 nitrogen and oxygen atoms in total. The molecular weight excluding hydrogens is 498 g/mol. The topological polar surface area (TPSA) is 124 Å². The van der Waals surface area contributed by atoms with E-state index in [0.717, 1.165) is 0 Å². The Bertz CT molecular complexity index is 1550. The average Bonchev–Trinajstić information content (AvgIpc) is 3.60. The molecular formula is C26H23N3O7S. The monoisotopic (exact) mass is 521 g/mol. The number of aryl methyl sites for hydroxylation is 1. The van der Waals surface area contributed by atoms with Gasteiger partial charge >= 0.3 is 0 Å². The van der Waals surface area contributed by atoms with Crippen LogP contribution in [0.5, 0.6) is 17.2 Å². The largest absolute Gasteiger partial charge is 0.503 e. The van der Waals surface area contributed by atoms with Crippen LogP contribution >= 0.6 is 11.3 Å². The van der Waals surface area contributed by atoms with Gasteiger partial charge in [0.1, 0.15) is 5.01 Å². The minimum Gasteiger partial charge on any atom is -0.503 e. The summed E-state index contributed by atoms with van der Waals surface area (Å²) in [5.74, 6) is -0.795. The Morgan fingerprint density at radius 1 is 1.11 bits per heavy atom. The van der Waals surface area contributed by atoms with Crippen LogP contribution in [0.1, 0.15) is 34.1 Å². The summed E-state index contributed by atoms with van der Waals surface area (Å²) in [4.78, 5) is 28.4. The van der Waals surface area contributed by atoms with Crippen molar-refractivity contribution in [3.8, 4) is 17.2 Å². The summed E-state index contributed by atoms with van der Waals surface area (Å²) in [5, 5.41) is 20.6. The van der Waals surface area contributed by atoms with Crippen molar-refractivity contribution >= 4 is 39.1 Å². The van der Waals surface area contributed by atoms with E-state index in [1.807, 2.05) is 6.92 Å². The molecule has 1 atom stereocenters. The Balaban J connectivity index is 1.66. The number of nitrogens with zero attached hydrogens (tertiary/aromatic N) is 3. The number of hydrogen-bond acceptors (Lipinski definition) is 10. The molecule has 4 aromatic rings. The van der Waals surface area contributed by atoms with Crippen molar-refractivity contribution in [2.75, 3.05) is 25.7 Å². The fraction of sp³-hybridized carbons (Fsp3) is 0.231. The molecule has 0 saturated heterocycles. The highest BCUT2D eigenvalue weighted by Gasteiger charge is 2.47. The third-order valence-electron chi connectivity index (χ3n) is 5.93. The van der Waals surface area contributed by atoms with Crippen LogP contribution in [0.15, 0.2) is 58.2 Å². The molecule has 1 aliphatic heterocycles. The molecule has 0 fully saturated rings. The number of ketones is 1. The maximum atomic E-state index is 13.8. The van der Waals surface area contributed by atoms with Crippen LogP contribution < -0.4 is 19.1 Å². The number of para-hydroxylation sites is 1. The number of Topliss-reactive ketones (excluding diaryl/α,β-unsaturated/α-hetero) is 1. The maximum absolute atomic E-state index is 13.8. The molecule has 2 aromatic carbocycles. The first kappa shape index (κ1) is 24.3. The maximum Gasteiger partial charge on any atom is 0.296 e. The Kier molecular flexibility index (Phi) is 6.30. The highest BCUT2D eigenvalue weighted by molar-refractivity contribution is 7.15. The molecule has 0 spiro atoms. The molecule has 1 N–H and O–H groups in total. The number of anilines is 1. The van der Waals surface area contributed by atoms with Gasteiger partial charge in [0.05, 0.1) is 32.4 Å². The Morgan fingerprint density at radius 2 is 1.89 bits per heavy atom. The number of methoxy groups -OCH3 is 2. The lowest BCUT2D eigenvalue weighted by atomic mass is 9.95. The number of hydrogen-bond donors (Lipinski definition) is 1. The Labute approximate surface area is 215 Å². The van der Waals surface area contributed by atoms with E-state index in [9.17, 15) is 14.7 Å². The number of carbonyl (C=O) groups is 2. The first-order valence-corrected chi connectivity index (χ1v) is 12.2. The number of aromatic nitrogens is 2. The van der Waals surface area contributed by atoms with Gasteiger partial charge in [0.2, 0.25) is 10.9 Å². The Morgan fingerprint density at radius 3 is 2.57 bits per heavy atom. The van der Waals surface area contributed by atoms with E-state index in [1.54, 1.807) is 49.4 Å². The number of amides is 1. The predicted octanol–water partition coefficient (Wildman–Crippen LogP) is 4.79. The molecule has 37 heavy (non-hydrogen) atoms. The van der Waals surface area contributed by atoms with Gasteiger partial charge in [-0.3, -0.25) is 14.5 Å². The zero-order valence-electron chi connectivity index (χ0n) is 20.5. The van der Waals surface area contributed by atoms with Gasteiger partial charge in [0.15, 0.2) is 34.4 Å². The molecule has 0 saturated carbocycles. The zero-order chi connectivity index (χ0) is 26.3. The number of fused-ring (bicyclic) bond motifs is 1. The second kappa shape index (κ2) is 9.58. The smallest absolute Gasteiger partial charge is 0.296 e. The lowest BCUT2D eigenvalue weighted by Gasteiger charge is -2.24. The quantitative estimate of drug-likeness (QED) is 0.326. The number of furan rings is 1. The minimum atomic E-state index is -1.02. The normalized spacial score (nSPS) is 15.5. The van der Waals surface area contributed by atoms with Gasteiger partial charge in [-0.15, -0.1) is 10.2 Å². The molecule has 2 aromatic heterocycles. The van der Waals surface area contributed by atoms with Gasteiger partial charge in [-0.25, -0.2) is 0 Å². The summed E-state index contributed by atoms with van der Waals surface area (Å²) in [6.45, 7) is 4.02. The molecule has 0 radical (unpaired) electrons. The number of carbonyl (C=O) groups excluding carboxylic acids is 2. The van der Waals surface area contributed by atoms with Crippen LogP contribution in [0, 0.1) is 6.92 Å². The number of aliphatic hydroxyl groups is 1. The van der Waals surface area contributed by atoms with Crippen molar-refractivity contribution in [3.63, 3.8) is 0 Å². The van der Waals surface area contributed by atoms with Crippen molar-refractivity contribution in [1.82, 2.24) is 10.2 Å². The lowest BCUT2D eigenvalue weighted by molar-refractivity contribution is -0.117. The lowest BCUT2D eigenvalue weighted by Crippen LogP contribution is -2.31. The standard InChI is InChI=1S/C26H23N3O7S/c1-5-35-16-10-9-14(11-18(16)34-4)21-20(23(31)25(32)29(21)26-28-27-13(2)37-26)22(30)19-12-15-7-6-8-17(33-3)24(15)36-19/h6-12,21,31H,5H2,1-4H3. The summed E-state index contributed by atoms with van der Waals surface area (Å²) in [5.41, 5.74) is 0.735. The predicted molar refractivity (Wildman–Crippen MR) is 136 cm³/mol. The highest BCUT2D eigenvalue weighted by atomic mass is 32.1. The van der Waals surface area contributed by atoms with E-state index in [4.69, 9.17) is 18.6 Å². The first-order valence-electron chi connectivity index (χ1n) is 11.4. The van der Waals surface area contributed by atoms with Crippen LogP contribution in [0.4, 0.5) is 5.13 Å². The molecule has 0 aliphatic carbocycles. The molecule has 3 heterocycles. The van der Waals surface area contributed by atoms with Gasteiger partial charge in [-0.1, -0.05) is 29.5 Å². The zero-order valence-corrected chi connectivity index (χ0v) is 21.3. The summed E-state index contributed by atoms with van der Waals surface area (Å²) in [6.07, 6.45) is 0. The summed E-state index contributed by atoms with van der Waals surface area (Å²) >= 11 is 1.17. The van der Waals surface area contributed by atoms with Gasteiger partial charge in [0.25, 0.3) is 5.91 Å². The SMILES string of the molecule is CCOc1ccc(C2C(C(=O)c3cc4cccc(OC)c4o3)=C(O)C(=O)N2c2nnc(C)s2)cc1OC. The van der Waals surface area contributed by atoms with E-state index >= 15 is 0 Å². The number of rotatable bonds is 8. The summed E-state index contributed by atoms with van der Waals surface area (Å²) in [7, 11) is 2.99. The molecule has 1 amide bonds. The van der Waals surface area contributed by atoms with Gasteiger partial charge in [-0.2, -0.15) is 0 Å². The van der Waals surface area contributed by atoms with Crippen LogP contribution in [0.3, 0.4) is 0 Å². The second-order valence-corrected chi connectivity index (χ2v) is 9.27. The van der Waals surface area contributed by atoms with E-state index in [-0.39, 0.29) is 16.5 Å². The molecule has 0 bridgehead atoms. The average molecular weight is 522 g/mol. The number of benzene rings is 2. The van der Waals surface area contributed by atoms with E-state index < -0.39 is 23.5 Å².